The Morgan fingerprint density at radius 1 is 1.29 bits per heavy atom. The first-order chi connectivity index (χ1) is 11.7. The number of rotatable bonds is 3. The molecule has 0 aliphatic carbocycles. The van der Waals surface area contributed by atoms with Crippen molar-refractivity contribution >= 4 is 28.4 Å². The lowest BCUT2D eigenvalue weighted by atomic mass is 10.0. The molecule has 2 N–H and O–H groups in total. The van der Waals surface area contributed by atoms with Crippen molar-refractivity contribution in [2.45, 2.75) is 32.2 Å². The second kappa shape index (κ2) is 6.07. The average Bonchev–Trinajstić information content (AvgIpc) is 3.05. The van der Waals surface area contributed by atoms with E-state index in [4.69, 9.17) is 0 Å². The fourth-order valence-corrected chi connectivity index (χ4v) is 3.18. The van der Waals surface area contributed by atoms with Crippen LogP contribution in [-0.4, -0.2) is 32.8 Å². The second-order valence-corrected chi connectivity index (χ2v) is 6.20. The van der Waals surface area contributed by atoms with Crippen LogP contribution in [0, 0.1) is 5.82 Å². The number of aromatic amines is 1. The van der Waals surface area contributed by atoms with Crippen LogP contribution in [0.25, 0.3) is 10.9 Å². The summed E-state index contributed by atoms with van der Waals surface area (Å²) in [6, 6.07) is 6.10. The SMILES string of the molecule is CC1CCCCN1c1nc(Nc2ccc3cn[nH]c3c2)ncc1F. The van der Waals surface area contributed by atoms with E-state index in [1.165, 1.54) is 12.6 Å². The van der Waals surface area contributed by atoms with Crippen LogP contribution in [0.4, 0.5) is 21.8 Å². The summed E-state index contributed by atoms with van der Waals surface area (Å²) in [4.78, 5) is 10.5. The number of benzene rings is 1. The number of nitrogens with zero attached hydrogens (tertiary/aromatic N) is 4. The van der Waals surface area contributed by atoms with Crippen molar-refractivity contribution in [1.82, 2.24) is 20.2 Å². The second-order valence-electron chi connectivity index (χ2n) is 6.20. The maximum atomic E-state index is 14.2. The van der Waals surface area contributed by atoms with Gasteiger partial charge in [-0.05, 0) is 44.4 Å². The third kappa shape index (κ3) is 2.77. The first-order valence-electron chi connectivity index (χ1n) is 8.20. The molecule has 7 heteroatoms. The molecule has 24 heavy (non-hydrogen) atoms. The third-order valence-corrected chi connectivity index (χ3v) is 4.50. The Morgan fingerprint density at radius 2 is 2.21 bits per heavy atom. The number of hydrogen-bond donors (Lipinski definition) is 2. The van der Waals surface area contributed by atoms with Gasteiger partial charge in [0.25, 0.3) is 0 Å². The minimum atomic E-state index is -0.377. The Balaban J connectivity index is 1.62. The summed E-state index contributed by atoms with van der Waals surface area (Å²) in [6.45, 7) is 2.94. The number of piperidine rings is 1. The molecule has 0 spiro atoms. The predicted octanol–water partition coefficient (Wildman–Crippen LogP) is 3.61. The van der Waals surface area contributed by atoms with Crippen LogP contribution in [0.5, 0.6) is 0 Å². The van der Waals surface area contributed by atoms with E-state index >= 15 is 0 Å². The number of halogens is 1. The number of H-pyrrole nitrogens is 1. The summed E-state index contributed by atoms with van der Waals surface area (Å²) in [5.74, 6) is 0.392. The van der Waals surface area contributed by atoms with E-state index in [0.29, 0.717) is 11.8 Å². The highest BCUT2D eigenvalue weighted by molar-refractivity contribution is 5.82. The molecule has 0 bridgehead atoms. The molecule has 124 valence electrons. The molecule has 0 amide bonds. The largest absolute Gasteiger partial charge is 0.351 e. The van der Waals surface area contributed by atoms with Gasteiger partial charge in [-0.2, -0.15) is 10.1 Å². The lowest BCUT2D eigenvalue weighted by molar-refractivity contribution is 0.470. The molecule has 0 saturated carbocycles. The zero-order valence-corrected chi connectivity index (χ0v) is 13.5. The zero-order chi connectivity index (χ0) is 16.5. The van der Waals surface area contributed by atoms with Crippen LogP contribution in [-0.2, 0) is 0 Å². The van der Waals surface area contributed by atoms with Crippen molar-refractivity contribution in [2.75, 3.05) is 16.8 Å². The minimum Gasteiger partial charge on any atom is -0.351 e. The van der Waals surface area contributed by atoms with Crippen molar-refractivity contribution in [2.24, 2.45) is 0 Å². The molecule has 6 nitrogen and oxygen atoms in total. The zero-order valence-electron chi connectivity index (χ0n) is 13.5. The van der Waals surface area contributed by atoms with Crippen molar-refractivity contribution < 1.29 is 4.39 Å². The van der Waals surface area contributed by atoms with Gasteiger partial charge in [0.1, 0.15) is 0 Å². The molecule has 1 atom stereocenters. The molecule has 3 aromatic rings. The van der Waals surface area contributed by atoms with Gasteiger partial charge in [0.05, 0.1) is 17.9 Å². The van der Waals surface area contributed by atoms with Crippen LogP contribution in [0.1, 0.15) is 26.2 Å². The Hall–Kier alpha value is -2.70. The van der Waals surface area contributed by atoms with Crippen LogP contribution < -0.4 is 10.2 Å². The first kappa shape index (κ1) is 14.9. The summed E-state index contributed by atoms with van der Waals surface area (Å²) in [5.41, 5.74) is 1.75. The van der Waals surface area contributed by atoms with E-state index in [9.17, 15) is 4.39 Å². The lowest BCUT2D eigenvalue weighted by Gasteiger charge is -2.34. The van der Waals surface area contributed by atoms with Gasteiger partial charge in [-0.15, -0.1) is 0 Å². The molecule has 4 rings (SSSR count). The van der Waals surface area contributed by atoms with E-state index in [0.717, 1.165) is 36.0 Å². The maximum Gasteiger partial charge on any atom is 0.229 e. The van der Waals surface area contributed by atoms with Crippen LogP contribution in [0.2, 0.25) is 0 Å². The minimum absolute atomic E-state index is 0.289. The number of fused-ring (bicyclic) bond motifs is 1. The van der Waals surface area contributed by atoms with E-state index in [2.05, 4.69) is 32.4 Å². The highest BCUT2D eigenvalue weighted by atomic mass is 19.1. The molecule has 1 saturated heterocycles. The topological polar surface area (TPSA) is 69.7 Å². The molecule has 3 heterocycles. The van der Waals surface area contributed by atoms with Gasteiger partial charge in [-0.3, -0.25) is 5.10 Å². The molecule has 0 radical (unpaired) electrons. The van der Waals surface area contributed by atoms with Crippen LogP contribution in [0.3, 0.4) is 0 Å². The monoisotopic (exact) mass is 326 g/mol. The third-order valence-electron chi connectivity index (χ3n) is 4.50. The van der Waals surface area contributed by atoms with Crippen LogP contribution in [0.15, 0.2) is 30.6 Å². The van der Waals surface area contributed by atoms with Crippen molar-refractivity contribution in [3.05, 3.63) is 36.4 Å². The normalized spacial score (nSPS) is 18.1. The molecule has 1 aliphatic rings. The van der Waals surface area contributed by atoms with Crippen molar-refractivity contribution in [1.29, 1.82) is 0 Å². The molecule has 1 aromatic carbocycles. The fraction of sp³-hybridized carbons (Fsp3) is 0.353. The molecular weight excluding hydrogens is 307 g/mol. The lowest BCUT2D eigenvalue weighted by Crippen LogP contribution is -2.38. The Kier molecular flexibility index (Phi) is 3.76. The summed E-state index contributed by atoms with van der Waals surface area (Å²) in [5, 5.41) is 11.1. The highest BCUT2D eigenvalue weighted by Crippen LogP contribution is 2.27. The first-order valence-corrected chi connectivity index (χ1v) is 8.20. The summed E-state index contributed by atoms with van der Waals surface area (Å²) in [6.07, 6.45) is 6.31. The molecule has 1 aliphatic heterocycles. The Bertz CT molecular complexity index is 861. The summed E-state index contributed by atoms with van der Waals surface area (Å²) >= 11 is 0. The highest BCUT2D eigenvalue weighted by Gasteiger charge is 2.23. The summed E-state index contributed by atoms with van der Waals surface area (Å²) in [7, 11) is 0. The van der Waals surface area contributed by atoms with Crippen LogP contribution >= 0.6 is 0 Å². The van der Waals surface area contributed by atoms with E-state index in [1.807, 2.05) is 23.1 Å². The fourth-order valence-electron chi connectivity index (χ4n) is 3.18. The molecule has 2 aromatic heterocycles. The van der Waals surface area contributed by atoms with Gasteiger partial charge in [0.15, 0.2) is 11.6 Å². The Labute approximate surface area is 139 Å². The Morgan fingerprint density at radius 3 is 3.08 bits per heavy atom. The van der Waals surface area contributed by atoms with Gasteiger partial charge in [-0.1, -0.05) is 0 Å². The van der Waals surface area contributed by atoms with E-state index in [-0.39, 0.29) is 11.9 Å². The molecular formula is C17H19FN6. The molecule has 1 fully saturated rings. The maximum absolute atomic E-state index is 14.2. The number of hydrogen-bond acceptors (Lipinski definition) is 5. The van der Waals surface area contributed by atoms with Gasteiger partial charge in [0.2, 0.25) is 5.95 Å². The van der Waals surface area contributed by atoms with Crippen molar-refractivity contribution in [3.63, 3.8) is 0 Å². The van der Waals surface area contributed by atoms with E-state index in [1.54, 1.807) is 6.20 Å². The standard InChI is InChI=1S/C17H19FN6/c1-11-4-2-3-7-24(11)16-14(18)10-19-17(22-16)21-13-6-5-12-9-20-23-15(12)8-13/h5-6,8-11H,2-4,7H2,1H3,(H,20,23)(H,19,21,22). The average molecular weight is 326 g/mol. The van der Waals surface area contributed by atoms with Gasteiger partial charge < -0.3 is 10.2 Å². The quantitative estimate of drug-likeness (QED) is 0.769. The van der Waals surface area contributed by atoms with Gasteiger partial charge in [0, 0.05) is 23.7 Å². The van der Waals surface area contributed by atoms with E-state index < -0.39 is 0 Å². The number of aromatic nitrogens is 4. The predicted molar refractivity (Wildman–Crippen MR) is 92.0 cm³/mol. The molecule has 1 unspecified atom stereocenters. The smallest absolute Gasteiger partial charge is 0.229 e. The number of anilines is 3. The summed E-state index contributed by atoms with van der Waals surface area (Å²) < 4.78 is 14.2. The van der Waals surface area contributed by atoms with Gasteiger partial charge >= 0.3 is 0 Å². The van der Waals surface area contributed by atoms with Crippen molar-refractivity contribution in [3.8, 4) is 0 Å². The van der Waals surface area contributed by atoms with Gasteiger partial charge in [-0.25, -0.2) is 9.37 Å². The number of nitrogens with one attached hydrogen (secondary N) is 2.